The van der Waals surface area contributed by atoms with Gasteiger partial charge in [0.15, 0.2) is 6.29 Å². The highest BCUT2D eigenvalue weighted by atomic mass is 32.2. The summed E-state index contributed by atoms with van der Waals surface area (Å²) in [5, 5.41) is 16.1. The quantitative estimate of drug-likeness (QED) is 0.218. The van der Waals surface area contributed by atoms with Gasteiger partial charge >= 0.3 is 6.03 Å². The fourth-order valence-corrected chi connectivity index (χ4v) is 5.19. The number of hydrogen-bond acceptors (Lipinski definition) is 6. The van der Waals surface area contributed by atoms with Crippen molar-refractivity contribution < 1.29 is 19.4 Å². The highest BCUT2D eigenvalue weighted by Crippen LogP contribution is 2.39. The number of benzene rings is 3. The lowest BCUT2D eigenvalue weighted by Gasteiger charge is -2.36. The van der Waals surface area contributed by atoms with Crippen LogP contribution in [0.5, 0.6) is 0 Å². The minimum Gasteiger partial charge on any atom is -0.392 e. The first kappa shape index (κ1) is 26.9. The van der Waals surface area contributed by atoms with Crippen molar-refractivity contribution in [3.05, 3.63) is 126 Å². The number of carbonyl (C=O) groups is 1. The molecule has 3 atom stereocenters. The second kappa shape index (κ2) is 13.4. The lowest BCUT2D eigenvalue weighted by Crippen LogP contribution is -2.31. The van der Waals surface area contributed by atoms with Gasteiger partial charge in [-0.15, -0.1) is 11.8 Å². The number of urea groups is 1. The molecule has 200 valence electrons. The molecule has 0 unspecified atom stereocenters. The van der Waals surface area contributed by atoms with Crippen LogP contribution in [-0.4, -0.2) is 28.0 Å². The monoisotopic (exact) mass is 541 g/mol. The molecule has 0 bridgehead atoms. The van der Waals surface area contributed by atoms with Crippen LogP contribution in [0.25, 0.3) is 0 Å². The van der Waals surface area contributed by atoms with Crippen molar-refractivity contribution in [3.8, 4) is 0 Å². The fraction of sp³-hybridized carbons (Fsp3) is 0.226. The zero-order valence-corrected chi connectivity index (χ0v) is 22.2. The van der Waals surface area contributed by atoms with Gasteiger partial charge in [0.25, 0.3) is 0 Å². The predicted octanol–water partition coefficient (Wildman–Crippen LogP) is 6.23. The maximum absolute atomic E-state index is 12.4. The Morgan fingerprint density at radius 2 is 1.62 bits per heavy atom. The number of hydrogen-bond donors (Lipinski definition) is 3. The van der Waals surface area contributed by atoms with E-state index in [9.17, 15) is 9.90 Å². The first-order valence-corrected chi connectivity index (χ1v) is 13.9. The number of carbonyl (C=O) groups excluding carboxylic acids is 1. The molecule has 8 heteroatoms. The smallest absolute Gasteiger partial charge is 0.319 e. The van der Waals surface area contributed by atoms with Crippen molar-refractivity contribution in [2.75, 3.05) is 11.1 Å². The maximum atomic E-state index is 12.4. The molecule has 0 spiro atoms. The van der Waals surface area contributed by atoms with E-state index in [0.717, 1.165) is 33.0 Å². The average molecular weight is 542 g/mol. The molecule has 3 N–H and O–H groups in total. The Balaban J connectivity index is 1.24. The van der Waals surface area contributed by atoms with E-state index in [1.54, 1.807) is 18.0 Å². The van der Waals surface area contributed by atoms with Crippen LogP contribution in [0.3, 0.4) is 0 Å². The molecule has 1 saturated heterocycles. The van der Waals surface area contributed by atoms with E-state index in [1.165, 1.54) is 0 Å². The standard InChI is InChI=1S/C31H31N3O4S/c35-20-23-9-11-24(12-10-23)28-18-27(21-39-29-8-4-5-17-32-29)37-30(38-28)25-13-15-26(16-14-25)34-31(36)33-19-22-6-2-1-3-7-22/h1-17,27-28,30,35H,18-21H2,(H2,33,34,36)/t27-,28+,30+/m1/s1. The minimum atomic E-state index is -0.559. The van der Waals surface area contributed by atoms with Gasteiger partial charge in [0.1, 0.15) is 0 Å². The van der Waals surface area contributed by atoms with Crippen molar-refractivity contribution in [2.45, 2.75) is 43.1 Å². The van der Waals surface area contributed by atoms with Crippen LogP contribution in [0.1, 0.15) is 41.1 Å². The number of aliphatic hydroxyl groups excluding tert-OH is 1. The van der Waals surface area contributed by atoms with Gasteiger partial charge in [0.2, 0.25) is 0 Å². The van der Waals surface area contributed by atoms with Gasteiger partial charge in [-0.05, 0) is 41.0 Å². The highest BCUT2D eigenvalue weighted by Gasteiger charge is 2.32. The molecule has 2 amide bonds. The van der Waals surface area contributed by atoms with E-state index in [1.807, 2.05) is 97.1 Å². The molecule has 1 aromatic heterocycles. The number of ether oxygens (including phenoxy) is 2. The van der Waals surface area contributed by atoms with Crippen LogP contribution >= 0.6 is 11.8 Å². The van der Waals surface area contributed by atoms with Crippen molar-refractivity contribution >= 4 is 23.5 Å². The molecule has 0 radical (unpaired) electrons. The number of nitrogens with one attached hydrogen (secondary N) is 2. The molecule has 4 aromatic rings. The third-order valence-corrected chi connectivity index (χ3v) is 7.48. The second-order valence-corrected chi connectivity index (χ2v) is 10.3. The van der Waals surface area contributed by atoms with Gasteiger partial charge in [-0.1, -0.05) is 72.8 Å². The van der Waals surface area contributed by atoms with Crippen LogP contribution in [0.2, 0.25) is 0 Å². The number of pyridine rings is 1. The Labute approximate surface area is 232 Å². The van der Waals surface area contributed by atoms with Crippen LogP contribution in [0.4, 0.5) is 10.5 Å². The summed E-state index contributed by atoms with van der Waals surface area (Å²) in [5.74, 6) is 0.739. The molecule has 2 heterocycles. The van der Waals surface area contributed by atoms with Gasteiger partial charge in [0.05, 0.1) is 23.8 Å². The molecular weight excluding hydrogens is 510 g/mol. The Hall–Kier alpha value is -3.69. The molecule has 7 nitrogen and oxygen atoms in total. The van der Waals surface area contributed by atoms with Crippen molar-refractivity contribution in [1.82, 2.24) is 10.3 Å². The van der Waals surface area contributed by atoms with E-state index < -0.39 is 6.29 Å². The fourth-order valence-electron chi connectivity index (χ4n) is 4.31. The highest BCUT2D eigenvalue weighted by molar-refractivity contribution is 7.99. The molecule has 1 aliphatic heterocycles. The number of rotatable bonds is 9. The van der Waals surface area contributed by atoms with Gasteiger partial charge in [0, 0.05) is 36.2 Å². The molecule has 1 aliphatic rings. The molecule has 5 rings (SSSR count). The summed E-state index contributed by atoms with van der Waals surface area (Å²) < 4.78 is 12.8. The number of thioether (sulfide) groups is 1. The average Bonchev–Trinajstić information content (AvgIpc) is 3.00. The number of amides is 2. The number of aliphatic hydroxyl groups is 1. The number of nitrogens with zero attached hydrogens (tertiary/aromatic N) is 1. The molecule has 39 heavy (non-hydrogen) atoms. The number of aromatic nitrogens is 1. The molecule has 0 aliphatic carbocycles. The van der Waals surface area contributed by atoms with Crippen LogP contribution < -0.4 is 10.6 Å². The Morgan fingerprint density at radius 3 is 2.33 bits per heavy atom. The molecule has 3 aromatic carbocycles. The van der Waals surface area contributed by atoms with Crippen LogP contribution in [0.15, 0.2) is 108 Å². The lowest BCUT2D eigenvalue weighted by molar-refractivity contribution is -0.245. The van der Waals surface area contributed by atoms with E-state index in [2.05, 4.69) is 15.6 Å². The maximum Gasteiger partial charge on any atom is 0.319 e. The van der Waals surface area contributed by atoms with Crippen molar-refractivity contribution in [1.29, 1.82) is 0 Å². The topological polar surface area (TPSA) is 92.7 Å². The summed E-state index contributed by atoms with van der Waals surface area (Å²) in [6.45, 7) is 0.457. The molecule has 0 saturated carbocycles. The SMILES string of the molecule is O=C(NCc1ccccc1)Nc1ccc([C@H]2O[C@@H](CSc3ccccn3)C[C@@H](c3ccc(CO)cc3)O2)cc1. The van der Waals surface area contributed by atoms with Crippen molar-refractivity contribution in [3.63, 3.8) is 0 Å². The Kier molecular flexibility index (Phi) is 9.24. The van der Waals surface area contributed by atoms with Crippen LogP contribution in [0, 0.1) is 0 Å². The van der Waals surface area contributed by atoms with Gasteiger partial charge in [-0.2, -0.15) is 0 Å². The van der Waals surface area contributed by atoms with E-state index in [-0.39, 0.29) is 24.8 Å². The van der Waals surface area contributed by atoms with E-state index >= 15 is 0 Å². The third-order valence-electron chi connectivity index (χ3n) is 6.41. The Morgan fingerprint density at radius 1 is 0.872 bits per heavy atom. The third kappa shape index (κ3) is 7.68. The first-order valence-electron chi connectivity index (χ1n) is 12.9. The zero-order chi connectivity index (χ0) is 26.9. The second-order valence-electron chi connectivity index (χ2n) is 9.24. The molecular formula is C31H31N3O4S. The summed E-state index contributed by atoms with van der Waals surface area (Å²) in [7, 11) is 0. The summed E-state index contributed by atoms with van der Waals surface area (Å²) in [6, 6.07) is 30.8. The number of anilines is 1. The summed E-state index contributed by atoms with van der Waals surface area (Å²) in [5.41, 5.74) is 4.49. The lowest BCUT2D eigenvalue weighted by atomic mass is 10.0. The van der Waals surface area contributed by atoms with Gasteiger partial charge in [-0.25, -0.2) is 9.78 Å². The van der Waals surface area contributed by atoms with Gasteiger partial charge < -0.3 is 25.2 Å². The largest absolute Gasteiger partial charge is 0.392 e. The first-order chi connectivity index (χ1) is 19.2. The zero-order valence-electron chi connectivity index (χ0n) is 21.4. The minimum absolute atomic E-state index is 0.00550. The summed E-state index contributed by atoms with van der Waals surface area (Å²) >= 11 is 1.66. The Bertz CT molecular complexity index is 1320. The summed E-state index contributed by atoms with van der Waals surface area (Å²) in [4.78, 5) is 16.8. The predicted molar refractivity (Wildman–Crippen MR) is 152 cm³/mol. The van der Waals surface area contributed by atoms with E-state index in [4.69, 9.17) is 9.47 Å². The summed E-state index contributed by atoms with van der Waals surface area (Å²) in [6.07, 6.45) is 1.72. The normalized spacial score (nSPS) is 18.8. The van der Waals surface area contributed by atoms with Crippen molar-refractivity contribution in [2.24, 2.45) is 0 Å². The van der Waals surface area contributed by atoms with E-state index in [0.29, 0.717) is 18.7 Å². The molecule has 1 fully saturated rings. The van der Waals surface area contributed by atoms with Crippen LogP contribution in [-0.2, 0) is 22.6 Å². The van der Waals surface area contributed by atoms with Gasteiger partial charge in [-0.3, -0.25) is 0 Å².